The first-order valence-electron chi connectivity index (χ1n) is 11.0. The highest BCUT2D eigenvalue weighted by atomic mass is 15.4. The predicted octanol–water partition coefficient (Wildman–Crippen LogP) is 1.33. The number of rotatable bonds is 5. The molecule has 4 fully saturated rings. The molecule has 2 unspecified atom stereocenters. The van der Waals surface area contributed by atoms with Crippen LogP contribution in [0.1, 0.15) is 24.9 Å². The minimum absolute atomic E-state index is 0.526. The van der Waals surface area contributed by atoms with Gasteiger partial charge in [0.25, 0.3) is 0 Å². The molecular formula is C22H36N6. The van der Waals surface area contributed by atoms with Gasteiger partial charge in [-0.2, -0.15) is 0 Å². The maximum atomic E-state index is 4.59. The zero-order chi connectivity index (χ0) is 19.3. The summed E-state index contributed by atoms with van der Waals surface area (Å²) in [5.74, 6) is 1.07. The Bertz CT molecular complexity index is 632. The molecule has 2 bridgehead atoms. The molecule has 0 amide bonds. The van der Waals surface area contributed by atoms with Crippen LogP contribution in [0.4, 0.5) is 0 Å². The van der Waals surface area contributed by atoms with Crippen LogP contribution in [0.25, 0.3) is 0 Å². The van der Waals surface area contributed by atoms with Crippen LogP contribution in [-0.4, -0.2) is 104 Å². The molecule has 1 aromatic rings. The quantitative estimate of drug-likeness (QED) is 0.612. The first kappa shape index (κ1) is 19.7. The zero-order valence-corrected chi connectivity index (χ0v) is 17.6. The fourth-order valence-electron chi connectivity index (χ4n) is 5.08. The summed E-state index contributed by atoms with van der Waals surface area (Å²) in [4.78, 5) is 14.9. The van der Waals surface area contributed by atoms with Crippen molar-refractivity contribution in [1.82, 2.24) is 24.9 Å². The number of hydrogen-bond acceptors (Lipinski definition) is 4. The van der Waals surface area contributed by atoms with Crippen molar-refractivity contribution in [1.29, 1.82) is 0 Å². The Hall–Kier alpha value is -1.63. The lowest BCUT2D eigenvalue weighted by Gasteiger charge is -2.48. The third-order valence-corrected chi connectivity index (χ3v) is 6.73. The van der Waals surface area contributed by atoms with Crippen molar-refractivity contribution in [2.75, 3.05) is 72.5 Å². The molecule has 1 N–H and O–H groups in total. The van der Waals surface area contributed by atoms with Gasteiger partial charge >= 0.3 is 0 Å². The van der Waals surface area contributed by atoms with Gasteiger partial charge in [0.2, 0.25) is 0 Å². The van der Waals surface area contributed by atoms with Gasteiger partial charge in [0.15, 0.2) is 5.96 Å². The summed E-state index contributed by atoms with van der Waals surface area (Å²) >= 11 is 0. The number of aliphatic imine (C=N–C) groups is 1. The molecule has 6 nitrogen and oxygen atoms in total. The smallest absolute Gasteiger partial charge is 0.193 e. The van der Waals surface area contributed by atoms with E-state index in [-0.39, 0.29) is 0 Å². The second kappa shape index (κ2) is 9.25. The van der Waals surface area contributed by atoms with E-state index in [1.807, 2.05) is 7.05 Å². The minimum atomic E-state index is 0.526. The van der Waals surface area contributed by atoms with Gasteiger partial charge in [-0.05, 0) is 12.0 Å². The third kappa shape index (κ3) is 4.34. The average Bonchev–Trinajstić information content (AvgIpc) is 2.77. The van der Waals surface area contributed by atoms with Crippen molar-refractivity contribution >= 4 is 5.96 Å². The Balaban J connectivity index is 1.28. The van der Waals surface area contributed by atoms with E-state index in [1.54, 1.807) is 0 Å². The van der Waals surface area contributed by atoms with Crippen molar-refractivity contribution < 1.29 is 0 Å². The summed E-state index contributed by atoms with van der Waals surface area (Å²) in [5, 5.41) is 3.67. The van der Waals surface area contributed by atoms with Gasteiger partial charge in [-0.15, -0.1) is 0 Å². The standard InChI is InChI=1S/C22H36N6/c1-3-21(19-7-5-4-6-8-19)27-13-15-28(16-14-27)22(23-2)24-17-20-18-25-9-11-26(20)12-10-25/h4-8,20-21H,3,9-18H2,1-2H3,(H,23,24). The molecular weight excluding hydrogens is 348 g/mol. The summed E-state index contributed by atoms with van der Waals surface area (Å²) in [6.45, 7) is 13.7. The SMILES string of the molecule is CCC(c1ccccc1)N1CCN(C(=NC)NCC2CN3CCN2CC3)CC1. The van der Waals surface area contributed by atoms with E-state index in [9.17, 15) is 0 Å². The van der Waals surface area contributed by atoms with Gasteiger partial charge < -0.3 is 10.2 Å². The van der Waals surface area contributed by atoms with Gasteiger partial charge in [-0.1, -0.05) is 37.3 Å². The summed E-state index contributed by atoms with van der Waals surface area (Å²) in [6.07, 6.45) is 1.16. The molecule has 4 aliphatic heterocycles. The van der Waals surface area contributed by atoms with Crippen molar-refractivity contribution in [3.63, 3.8) is 0 Å². The van der Waals surface area contributed by atoms with E-state index in [1.165, 1.54) is 38.3 Å². The highest BCUT2D eigenvalue weighted by molar-refractivity contribution is 5.80. The summed E-state index contributed by atoms with van der Waals surface area (Å²) in [7, 11) is 1.92. The molecule has 0 aliphatic carbocycles. The molecule has 4 heterocycles. The van der Waals surface area contributed by atoms with Crippen LogP contribution in [0, 0.1) is 0 Å². The largest absolute Gasteiger partial charge is 0.355 e. The third-order valence-electron chi connectivity index (χ3n) is 6.73. The predicted molar refractivity (Wildman–Crippen MR) is 116 cm³/mol. The molecule has 0 saturated carbocycles. The Kier molecular flexibility index (Phi) is 6.50. The highest BCUT2D eigenvalue weighted by Gasteiger charge is 2.32. The lowest BCUT2D eigenvalue weighted by Crippen LogP contribution is -2.64. The van der Waals surface area contributed by atoms with Gasteiger partial charge in [0.05, 0.1) is 0 Å². The fourth-order valence-corrected chi connectivity index (χ4v) is 5.08. The van der Waals surface area contributed by atoms with Crippen LogP contribution < -0.4 is 5.32 Å². The monoisotopic (exact) mass is 384 g/mol. The van der Waals surface area contributed by atoms with Gasteiger partial charge in [0.1, 0.15) is 0 Å². The molecule has 5 rings (SSSR count). The van der Waals surface area contributed by atoms with Crippen LogP contribution in [0.5, 0.6) is 0 Å². The fraction of sp³-hybridized carbons (Fsp3) is 0.682. The number of nitrogens with zero attached hydrogens (tertiary/aromatic N) is 5. The maximum Gasteiger partial charge on any atom is 0.193 e. The Morgan fingerprint density at radius 1 is 1.04 bits per heavy atom. The van der Waals surface area contributed by atoms with E-state index >= 15 is 0 Å². The first-order valence-corrected chi connectivity index (χ1v) is 11.0. The first-order chi connectivity index (χ1) is 13.8. The molecule has 4 saturated heterocycles. The number of hydrogen-bond donors (Lipinski definition) is 1. The molecule has 28 heavy (non-hydrogen) atoms. The topological polar surface area (TPSA) is 37.4 Å². The lowest BCUT2D eigenvalue weighted by molar-refractivity contribution is 0.0150. The maximum absolute atomic E-state index is 4.59. The normalized spacial score (nSPS) is 29.7. The van der Waals surface area contributed by atoms with E-state index in [0.717, 1.165) is 45.1 Å². The van der Waals surface area contributed by atoms with Crippen molar-refractivity contribution in [2.45, 2.75) is 25.4 Å². The molecule has 1 aromatic carbocycles. The minimum Gasteiger partial charge on any atom is -0.355 e. The molecule has 154 valence electrons. The Morgan fingerprint density at radius 3 is 2.32 bits per heavy atom. The summed E-state index contributed by atoms with van der Waals surface area (Å²) in [5.41, 5.74) is 1.44. The number of nitrogens with one attached hydrogen (secondary N) is 1. The Labute approximate surface area is 170 Å². The van der Waals surface area contributed by atoms with Gasteiger partial charge in [0, 0.05) is 84.6 Å². The van der Waals surface area contributed by atoms with Crippen LogP contribution in [-0.2, 0) is 0 Å². The van der Waals surface area contributed by atoms with Crippen LogP contribution in [0.15, 0.2) is 35.3 Å². The highest BCUT2D eigenvalue weighted by Crippen LogP contribution is 2.25. The number of fused-ring (bicyclic) bond motifs is 3. The summed E-state index contributed by atoms with van der Waals surface area (Å²) in [6, 6.07) is 12.1. The van der Waals surface area contributed by atoms with E-state index in [2.05, 4.69) is 67.2 Å². The number of guanidine groups is 1. The van der Waals surface area contributed by atoms with E-state index in [4.69, 9.17) is 0 Å². The second-order valence-electron chi connectivity index (χ2n) is 8.28. The molecule has 2 atom stereocenters. The van der Waals surface area contributed by atoms with Crippen molar-refractivity contribution in [3.05, 3.63) is 35.9 Å². The van der Waals surface area contributed by atoms with E-state index < -0.39 is 0 Å². The molecule has 0 radical (unpaired) electrons. The van der Waals surface area contributed by atoms with Crippen LogP contribution >= 0.6 is 0 Å². The average molecular weight is 385 g/mol. The number of benzene rings is 1. The lowest BCUT2D eigenvalue weighted by atomic mass is 10.0. The van der Waals surface area contributed by atoms with Gasteiger partial charge in [-0.25, -0.2) is 0 Å². The molecule has 4 aliphatic rings. The zero-order valence-electron chi connectivity index (χ0n) is 17.6. The van der Waals surface area contributed by atoms with Crippen molar-refractivity contribution in [3.8, 4) is 0 Å². The van der Waals surface area contributed by atoms with Crippen molar-refractivity contribution in [2.24, 2.45) is 4.99 Å². The van der Waals surface area contributed by atoms with Gasteiger partial charge in [-0.3, -0.25) is 19.7 Å². The summed E-state index contributed by atoms with van der Waals surface area (Å²) < 4.78 is 0. The van der Waals surface area contributed by atoms with Crippen LogP contribution in [0.2, 0.25) is 0 Å². The Morgan fingerprint density at radius 2 is 1.75 bits per heavy atom. The van der Waals surface area contributed by atoms with E-state index in [0.29, 0.717) is 12.1 Å². The second-order valence-corrected chi connectivity index (χ2v) is 8.28. The number of piperazine rings is 4. The van der Waals surface area contributed by atoms with Crippen LogP contribution in [0.3, 0.4) is 0 Å². The molecule has 0 spiro atoms. The molecule has 0 aromatic heterocycles. The molecule has 6 heteroatoms.